The second kappa shape index (κ2) is 7.01. The SMILES string of the molecule is Cn1c(N2CCC3(CCOC3)CC2)nc2[nH]nc(C#Cc3ccncc3)c2c1=O. The molecule has 2 fully saturated rings. The number of hydrogen-bond donors (Lipinski definition) is 1. The third-order valence-corrected chi connectivity index (χ3v) is 6.08. The van der Waals surface area contributed by atoms with Crippen molar-refractivity contribution in [3.8, 4) is 11.8 Å². The fourth-order valence-electron chi connectivity index (χ4n) is 4.21. The maximum absolute atomic E-state index is 13.1. The highest BCUT2D eigenvalue weighted by molar-refractivity contribution is 5.81. The van der Waals surface area contributed by atoms with Gasteiger partial charge >= 0.3 is 0 Å². The summed E-state index contributed by atoms with van der Waals surface area (Å²) >= 11 is 0. The van der Waals surface area contributed by atoms with Gasteiger partial charge in [-0.05, 0) is 42.7 Å². The molecule has 0 aromatic carbocycles. The van der Waals surface area contributed by atoms with Crippen LogP contribution in [0.4, 0.5) is 5.95 Å². The summed E-state index contributed by atoms with van der Waals surface area (Å²) in [7, 11) is 1.76. The highest BCUT2D eigenvalue weighted by Crippen LogP contribution is 2.39. The highest BCUT2D eigenvalue weighted by atomic mass is 16.5. The van der Waals surface area contributed by atoms with Crippen LogP contribution in [-0.4, -0.2) is 51.0 Å². The summed E-state index contributed by atoms with van der Waals surface area (Å²) in [6.07, 6.45) is 6.62. The van der Waals surface area contributed by atoms with Gasteiger partial charge in [-0.25, -0.2) is 0 Å². The summed E-state index contributed by atoms with van der Waals surface area (Å²) in [5.74, 6) is 6.68. The summed E-state index contributed by atoms with van der Waals surface area (Å²) in [4.78, 5) is 24.0. The number of aromatic amines is 1. The van der Waals surface area contributed by atoms with Gasteiger partial charge in [0.05, 0.1) is 6.61 Å². The van der Waals surface area contributed by atoms with Gasteiger partial charge in [-0.1, -0.05) is 5.92 Å². The fraction of sp³-hybridized carbons (Fsp3) is 0.429. The lowest BCUT2D eigenvalue weighted by Gasteiger charge is -2.39. The molecule has 0 bridgehead atoms. The minimum Gasteiger partial charge on any atom is -0.381 e. The molecule has 0 unspecified atom stereocenters. The predicted molar refractivity (Wildman–Crippen MR) is 109 cm³/mol. The molecule has 0 radical (unpaired) electrons. The first-order valence-electron chi connectivity index (χ1n) is 9.85. The molecule has 0 amide bonds. The topological polar surface area (TPSA) is 88.9 Å². The van der Waals surface area contributed by atoms with Crippen LogP contribution in [-0.2, 0) is 11.8 Å². The number of nitrogens with zero attached hydrogens (tertiary/aromatic N) is 5. The third-order valence-electron chi connectivity index (χ3n) is 6.08. The van der Waals surface area contributed by atoms with E-state index in [1.165, 1.54) is 0 Å². The van der Waals surface area contributed by atoms with Gasteiger partial charge in [0.1, 0.15) is 5.39 Å². The third kappa shape index (κ3) is 3.17. The van der Waals surface area contributed by atoms with Crippen molar-refractivity contribution in [1.82, 2.24) is 24.7 Å². The summed E-state index contributed by atoms with van der Waals surface area (Å²) in [6.45, 7) is 3.46. The molecule has 3 aromatic heterocycles. The first-order chi connectivity index (χ1) is 14.2. The molecule has 5 heterocycles. The van der Waals surface area contributed by atoms with E-state index >= 15 is 0 Å². The predicted octanol–water partition coefficient (Wildman–Crippen LogP) is 1.46. The number of ether oxygens (including phenoxy) is 1. The van der Waals surface area contributed by atoms with Crippen LogP contribution in [0, 0.1) is 17.3 Å². The maximum Gasteiger partial charge on any atom is 0.267 e. The summed E-state index contributed by atoms with van der Waals surface area (Å²) in [5.41, 5.74) is 1.88. The molecule has 2 aliphatic rings. The number of H-pyrrole nitrogens is 1. The maximum atomic E-state index is 13.1. The summed E-state index contributed by atoms with van der Waals surface area (Å²) < 4.78 is 7.23. The Hall–Kier alpha value is -3.18. The Kier molecular flexibility index (Phi) is 4.32. The fourth-order valence-corrected chi connectivity index (χ4v) is 4.21. The zero-order valence-corrected chi connectivity index (χ0v) is 16.3. The van der Waals surface area contributed by atoms with Crippen molar-refractivity contribution in [2.75, 3.05) is 31.2 Å². The van der Waals surface area contributed by atoms with Crippen LogP contribution in [0.3, 0.4) is 0 Å². The monoisotopic (exact) mass is 390 g/mol. The summed E-state index contributed by atoms with van der Waals surface area (Å²) in [6, 6.07) is 3.63. The molecule has 8 nitrogen and oxygen atoms in total. The minimum atomic E-state index is -0.137. The van der Waals surface area contributed by atoms with Crippen molar-refractivity contribution in [2.45, 2.75) is 19.3 Å². The number of hydrogen-bond acceptors (Lipinski definition) is 6. The molecule has 8 heteroatoms. The van der Waals surface area contributed by atoms with E-state index in [9.17, 15) is 4.79 Å². The van der Waals surface area contributed by atoms with Gasteiger partial charge in [-0.2, -0.15) is 10.1 Å². The average Bonchev–Trinajstić information content (AvgIpc) is 3.38. The quantitative estimate of drug-likeness (QED) is 0.633. The van der Waals surface area contributed by atoms with E-state index in [-0.39, 0.29) is 5.56 Å². The molecule has 1 N–H and O–H groups in total. The van der Waals surface area contributed by atoms with Crippen LogP contribution in [0.5, 0.6) is 0 Å². The minimum absolute atomic E-state index is 0.137. The number of nitrogens with one attached hydrogen (secondary N) is 1. The zero-order valence-electron chi connectivity index (χ0n) is 16.3. The van der Waals surface area contributed by atoms with Crippen LogP contribution in [0.2, 0.25) is 0 Å². The zero-order chi connectivity index (χ0) is 19.8. The summed E-state index contributed by atoms with van der Waals surface area (Å²) in [5, 5.41) is 7.54. The van der Waals surface area contributed by atoms with E-state index in [1.807, 2.05) is 12.1 Å². The van der Waals surface area contributed by atoms with E-state index in [0.717, 1.165) is 51.1 Å². The number of anilines is 1. The molecule has 0 atom stereocenters. The molecule has 0 saturated carbocycles. The van der Waals surface area contributed by atoms with Crippen molar-refractivity contribution in [3.05, 3.63) is 46.1 Å². The Bertz CT molecular complexity index is 1150. The number of piperidine rings is 1. The van der Waals surface area contributed by atoms with Gasteiger partial charge in [0.2, 0.25) is 5.95 Å². The Balaban J connectivity index is 1.46. The van der Waals surface area contributed by atoms with Gasteiger partial charge in [-0.15, -0.1) is 0 Å². The number of fused-ring (bicyclic) bond motifs is 1. The van der Waals surface area contributed by atoms with Gasteiger partial charge in [0, 0.05) is 44.7 Å². The van der Waals surface area contributed by atoms with E-state index in [2.05, 4.69) is 31.9 Å². The van der Waals surface area contributed by atoms with Crippen LogP contribution >= 0.6 is 0 Å². The van der Waals surface area contributed by atoms with Crippen molar-refractivity contribution in [2.24, 2.45) is 12.5 Å². The van der Waals surface area contributed by atoms with Gasteiger partial charge < -0.3 is 9.64 Å². The Morgan fingerprint density at radius 1 is 1.17 bits per heavy atom. The van der Waals surface area contributed by atoms with Crippen LogP contribution in [0.1, 0.15) is 30.5 Å². The normalized spacial score (nSPS) is 18.2. The molecule has 3 aromatic rings. The number of aromatic nitrogens is 5. The van der Waals surface area contributed by atoms with Crippen molar-refractivity contribution >= 4 is 17.0 Å². The van der Waals surface area contributed by atoms with E-state index in [4.69, 9.17) is 9.72 Å². The molecule has 148 valence electrons. The number of pyridine rings is 1. The van der Waals surface area contributed by atoms with E-state index in [0.29, 0.717) is 28.1 Å². The van der Waals surface area contributed by atoms with Crippen molar-refractivity contribution in [3.63, 3.8) is 0 Å². The number of rotatable bonds is 1. The van der Waals surface area contributed by atoms with Crippen LogP contribution < -0.4 is 10.5 Å². The molecule has 0 aliphatic carbocycles. The van der Waals surface area contributed by atoms with Gasteiger partial charge in [0.15, 0.2) is 11.3 Å². The average molecular weight is 390 g/mol. The second-order valence-electron chi connectivity index (χ2n) is 7.85. The van der Waals surface area contributed by atoms with E-state index < -0.39 is 0 Å². The molecule has 1 spiro atoms. The smallest absolute Gasteiger partial charge is 0.267 e. The molecule has 29 heavy (non-hydrogen) atoms. The molecule has 2 aliphatic heterocycles. The molecular formula is C21H22N6O2. The first-order valence-corrected chi connectivity index (χ1v) is 9.85. The van der Waals surface area contributed by atoms with Crippen molar-refractivity contribution in [1.29, 1.82) is 0 Å². The van der Waals surface area contributed by atoms with Crippen molar-refractivity contribution < 1.29 is 4.74 Å². The second-order valence-corrected chi connectivity index (χ2v) is 7.85. The molecule has 2 saturated heterocycles. The lowest BCUT2D eigenvalue weighted by atomic mass is 9.78. The van der Waals surface area contributed by atoms with Crippen LogP contribution in [0.15, 0.2) is 29.3 Å². The Morgan fingerprint density at radius 2 is 1.97 bits per heavy atom. The standard InChI is InChI=1S/C21H22N6O2/c1-26-19(28)17-16(3-2-15-4-9-22-10-5-15)24-25-18(17)23-20(26)27-11-6-21(7-12-27)8-13-29-14-21/h4-5,9-10H,6-8,11-14H2,1H3,(H,24,25). The first kappa shape index (κ1) is 17.9. The lowest BCUT2D eigenvalue weighted by molar-refractivity contribution is 0.133. The Labute approximate surface area is 167 Å². The molecular weight excluding hydrogens is 368 g/mol. The largest absolute Gasteiger partial charge is 0.381 e. The Morgan fingerprint density at radius 3 is 2.69 bits per heavy atom. The van der Waals surface area contributed by atoms with Gasteiger partial charge in [0.25, 0.3) is 5.56 Å². The molecule has 5 rings (SSSR count). The van der Waals surface area contributed by atoms with E-state index in [1.54, 1.807) is 24.0 Å². The lowest BCUT2D eigenvalue weighted by Crippen LogP contribution is -2.43. The van der Waals surface area contributed by atoms with Gasteiger partial charge in [-0.3, -0.25) is 19.4 Å². The van der Waals surface area contributed by atoms with Crippen LogP contribution in [0.25, 0.3) is 11.0 Å². The highest BCUT2D eigenvalue weighted by Gasteiger charge is 2.38.